The number of esters is 1. The van der Waals surface area contributed by atoms with Crippen LogP contribution in [0.15, 0.2) is 11.6 Å². The third-order valence-corrected chi connectivity index (χ3v) is 3.50. The normalized spacial score (nSPS) is 19.6. The van der Waals surface area contributed by atoms with E-state index in [0.29, 0.717) is 0 Å². The van der Waals surface area contributed by atoms with Gasteiger partial charge in [-0.05, 0) is 44.6 Å². The molecule has 0 bridgehead atoms. The van der Waals surface area contributed by atoms with Gasteiger partial charge in [0.2, 0.25) is 0 Å². The molecule has 4 nitrogen and oxygen atoms in total. The summed E-state index contributed by atoms with van der Waals surface area (Å²) in [5.74, 6) is -0.363. The summed E-state index contributed by atoms with van der Waals surface area (Å²) in [6, 6.07) is 0. The van der Waals surface area contributed by atoms with Gasteiger partial charge in [-0.2, -0.15) is 0 Å². The number of hydrogen-bond acceptors (Lipinski definition) is 4. The first-order valence-corrected chi connectivity index (χ1v) is 7.19. The molecule has 0 saturated carbocycles. The van der Waals surface area contributed by atoms with E-state index >= 15 is 0 Å². The van der Waals surface area contributed by atoms with Crippen molar-refractivity contribution in [2.75, 3.05) is 20.3 Å². The van der Waals surface area contributed by atoms with Crippen LogP contribution in [0.25, 0.3) is 0 Å². The van der Waals surface area contributed by atoms with Crippen LogP contribution in [0, 0.1) is 5.41 Å². The Morgan fingerprint density at radius 3 is 2.60 bits per heavy atom. The largest absolute Gasteiger partial charge is 0.461 e. The minimum atomic E-state index is -0.504. The molecule has 1 unspecified atom stereocenters. The minimum absolute atomic E-state index is 0.0228. The molecule has 4 heteroatoms. The first-order chi connectivity index (χ1) is 9.15. The molecule has 1 atom stereocenters. The zero-order chi connectivity index (χ0) is 15.4. The fraction of sp³-hybridized carbons (Fsp3) is 0.812. The van der Waals surface area contributed by atoms with E-state index in [4.69, 9.17) is 14.2 Å². The fourth-order valence-electron chi connectivity index (χ4n) is 2.44. The number of ether oxygens (including phenoxy) is 3. The van der Waals surface area contributed by atoms with Crippen molar-refractivity contribution in [2.45, 2.75) is 59.2 Å². The molecule has 1 rings (SSSR count). The summed E-state index contributed by atoms with van der Waals surface area (Å²) in [5.41, 5.74) is 1.10. The van der Waals surface area contributed by atoms with Gasteiger partial charge in [-0.1, -0.05) is 19.9 Å². The molecular formula is C16H28O4. The van der Waals surface area contributed by atoms with Crippen LogP contribution in [-0.4, -0.2) is 38.0 Å². The summed E-state index contributed by atoms with van der Waals surface area (Å²) in [6.07, 6.45) is 4.60. The lowest BCUT2D eigenvalue weighted by Crippen LogP contribution is -2.36. The molecule has 0 aromatic rings. The van der Waals surface area contributed by atoms with Gasteiger partial charge in [0.25, 0.3) is 0 Å². The molecule has 20 heavy (non-hydrogen) atoms. The highest BCUT2D eigenvalue weighted by atomic mass is 16.6. The summed E-state index contributed by atoms with van der Waals surface area (Å²) in [5, 5.41) is 0. The van der Waals surface area contributed by atoms with Gasteiger partial charge in [0.1, 0.15) is 13.2 Å². The lowest BCUT2D eigenvalue weighted by atomic mass is 9.94. The molecule has 1 aliphatic carbocycles. The second kappa shape index (κ2) is 6.72. The van der Waals surface area contributed by atoms with Gasteiger partial charge in [-0.25, -0.2) is 4.79 Å². The molecule has 0 spiro atoms. The van der Waals surface area contributed by atoms with E-state index in [9.17, 15) is 4.79 Å². The Hall–Kier alpha value is -0.870. The molecule has 116 valence electrons. The van der Waals surface area contributed by atoms with Crippen LogP contribution in [-0.2, 0) is 19.0 Å². The predicted octanol–water partition coefficient (Wildman–Crippen LogP) is 3.11. The summed E-state index contributed by atoms with van der Waals surface area (Å²) >= 11 is 0. The molecule has 0 aromatic carbocycles. The van der Waals surface area contributed by atoms with Gasteiger partial charge in [0.05, 0.1) is 11.7 Å². The van der Waals surface area contributed by atoms with Crippen LogP contribution in [0.2, 0.25) is 0 Å². The van der Waals surface area contributed by atoms with E-state index in [2.05, 4.69) is 26.8 Å². The molecule has 1 aliphatic rings. The van der Waals surface area contributed by atoms with Crippen LogP contribution in [0.1, 0.15) is 47.5 Å². The van der Waals surface area contributed by atoms with Crippen LogP contribution in [0.5, 0.6) is 0 Å². The van der Waals surface area contributed by atoms with Crippen LogP contribution in [0.4, 0.5) is 0 Å². The minimum Gasteiger partial charge on any atom is -0.461 e. The van der Waals surface area contributed by atoms with Crippen molar-refractivity contribution in [3.63, 3.8) is 0 Å². The van der Waals surface area contributed by atoms with Crippen molar-refractivity contribution in [3.8, 4) is 0 Å². The Balaban J connectivity index is 2.47. The Kier molecular flexibility index (Phi) is 5.78. The molecular weight excluding hydrogens is 256 g/mol. The highest BCUT2D eigenvalue weighted by Crippen LogP contribution is 2.37. The third kappa shape index (κ3) is 5.63. The van der Waals surface area contributed by atoms with Crippen molar-refractivity contribution >= 4 is 5.97 Å². The van der Waals surface area contributed by atoms with Crippen molar-refractivity contribution in [1.82, 2.24) is 0 Å². The summed E-state index contributed by atoms with van der Waals surface area (Å²) in [4.78, 5) is 11.3. The van der Waals surface area contributed by atoms with E-state index in [1.165, 1.54) is 19.1 Å². The van der Waals surface area contributed by atoms with E-state index in [-0.39, 0.29) is 30.7 Å². The fourth-order valence-corrected chi connectivity index (χ4v) is 2.44. The lowest BCUT2D eigenvalue weighted by Gasteiger charge is -2.29. The molecule has 0 aromatic heterocycles. The maximum absolute atomic E-state index is 11.3. The molecule has 0 aliphatic heterocycles. The smallest absolute Gasteiger partial charge is 0.332 e. The van der Waals surface area contributed by atoms with E-state index in [0.717, 1.165) is 6.42 Å². The zero-order valence-corrected chi connectivity index (χ0v) is 13.6. The number of carbonyl (C=O) groups is 1. The van der Waals surface area contributed by atoms with Gasteiger partial charge >= 0.3 is 5.97 Å². The van der Waals surface area contributed by atoms with E-state index < -0.39 is 5.60 Å². The van der Waals surface area contributed by atoms with Crippen LogP contribution < -0.4 is 0 Å². The second-order valence-electron chi connectivity index (χ2n) is 6.82. The zero-order valence-electron chi connectivity index (χ0n) is 13.6. The first kappa shape index (κ1) is 17.2. The van der Waals surface area contributed by atoms with E-state index in [1.807, 2.05) is 13.8 Å². The predicted molar refractivity (Wildman–Crippen MR) is 78.6 cm³/mol. The average Bonchev–Trinajstić information content (AvgIpc) is 2.67. The Bertz CT molecular complexity index is 369. The van der Waals surface area contributed by atoms with E-state index in [1.54, 1.807) is 0 Å². The number of hydrogen-bond donors (Lipinski definition) is 0. The van der Waals surface area contributed by atoms with Gasteiger partial charge in [0.15, 0.2) is 0 Å². The number of methoxy groups -OCH3 is 1. The molecule has 0 fully saturated rings. The Morgan fingerprint density at radius 2 is 2.10 bits per heavy atom. The number of rotatable bonds is 7. The average molecular weight is 284 g/mol. The Morgan fingerprint density at radius 1 is 1.45 bits per heavy atom. The third-order valence-electron chi connectivity index (χ3n) is 3.50. The summed E-state index contributed by atoms with van der Waals surface area (Å²) in [6.45, 7) is 10.6. The highest BCUT2D eigenvalue weighted by molar-refractivity contribution is 5.70. The maximum Gasteiger partial charge on any atom is 0.332 e. The van der Waals surface area contributed by atoms with Gasteiger partial charge in [-0.15, -0.1) is 0 Å². The molecule has 0 saturated heterocycles. The van der Waals surface area contributed by atoms with Gasteiger partial charge < -0.3 is 14.2 Å². The summed E-state index contributed by atoms with van der Waals surface area (Å²) < 4.78 is 15.9. The summed E-state index contributed by atoms with van der Waals surface area (Å²) in [7, 11) is 1.47. The second-order valence-corrected chi connectivity index (χ2v) is 6.82. The van der Waals surface area contributed by atoms with Crippen molar-refractivity contribution in [1.29, 1.82) is 0 Å². The number of allylic oxidation sites excluding steroid dienone is 1. The van der Waals surface area contributed by atoms with Gasteiger partial charge in [0, 0.05) is 7.11 Å². The topological polar surface area (TPSA) is 44.8 Å². The maximum atomic E-state index is 11.3. The molecule has 0 amide bonds. The van der Waals surface area contributed by atoms with Crippen molar-refractivity contribution < 1.29 is 19.0 Å². The molecule has 0 heterocycles. The first-order valence-electron chi connectivity index (χ1n) is 7.19. The van der Waals surface area contributed by atoms with Crippen molar-refractivity contribution in [2.24, 2.45) is 5.41 Å². The van der Waals surface area contributed by atoms with Crippen molar-refractivity contribution in [3.05, 3.63) is 11.6 Å². The standard InChI is InChI=1S/C16H28O4/c1-12(13-7-8-15(2,3)9-13)20-16(4,5)11-19-14(17)10-18-6/h9,12H,7-8,10-11H2,1-6H3. The Labute approximate surface area is 122 Å². The molecule has 0 radical (unpaired) electrons. The quantitative estimate of drug-likeness (QED) is 0.532. The van der Waals surface area contributed by atoms with Gasteiger partial charge in [-0.3, -0.25) is 0 Å². The van der Waals surface area contributed by atoms with Crippen LogP contribution >= 0.6 is 0 Å². The van der Waals surface area contributed by atoms with Crippen LogP contribution in [0.3, 0.4) is 0 Å². The SMILES string of the molecule is COCC(=O)OCC(C)(C)OC(C)C1=CC(C)(C)CC1. The number of carbonyl (C=O) groups excluding carboxylic acids is 1. The lowest BCUT2D eigenvalue weighted by molar-refractivity contribution is -0.159. The monoisotopic (exact) mass is 284 g/mol. The highest BCUT2D eigenvalue weighted by Gasteiger charge is 2.30. The molecule has 0 N–H and O–H groups in total.